The van der Waals surface area contributed by atoms with Gasteiger partial charge in [0.15, 0.2) is 0 Å². The molecule has 2 rings (SSSR count). The molecule has 1 aromatic heterocycles. The summed E-state index contributed by atoms with van der Waals surface area (Å²) in [6, 6.07) is 12.2. The highest BCUT2D eigenvalue weighted by atomic mass is 79.9. The predicted octanol–water partition coefficient (Wildman–Crippen LogP) is 4.38. The van der Waals surface area contributed by atoms with Gasteiger partial charge in [0.25, 0.3) is 0 Å². The van der Waals surface area contributed by atoms with Crippen molar-refractivity contribution in [1.82, 2.24) is 4.98 Å². The van der Waals surface area contributed by atoms with Crippen molar-refractivity contribution in [3.05, 3.63) is 58.2 Å². The third-order valence-electron chi connectivity index (χ3n) is 2.87. The van der Waals surface area contributed by atoms with Gasteiger partial charge in [-0.3, -0.25) is 0 Å². The van der Waals surface area contributed by atoms with E-state index in [0.717, 1.165) is 28.8 Å². The lowest BCUT2D eigenvalue weighted by molar-refractivity contribution is 0.107. The third-order valence-corrected chi connectivity index (χ3v) is 3.40. The van der Waals surface area contributed by atoms with Crippen LogP contribution in [0.1, 0.15) is 24.5 Å². The molecular weight excluding hydrogens is 316 g/mol. The molecule has 1 heterocycles. The molecule has 0 spiro atoms. The Hall–Kier alpha value is -1.39. The van der Waals surface area contributed by atoms with Gasteiger partial charge in [0.2, 0.25) is 0 Å². The minimum Gasteiger partial charge on any atom is -0.372 e. The normalized spacial score (nSPS) is 10.5. The highest BCUT2D eigenvalue weighted by Crippen LogP contribution is 2.15. The highest BCUT2D eigenvalue weighted by Gasteiger charge is 2.03. The van der Waals surface area contributed by atoms with Crippen molar-refractivity contribution in [3.8, 4) is 0 Å². The van der Waals surface area contributed by atoms with Crippen LogP contribution in [0.5, 0.6) is 0 Å². The number of halogens is 1. The van der Waals surface area contributed by atoms with Crippen molar-refractivity contribution < 1.29 is 4.74 Å². The summed E-state index contributed by atoms with van der Waals surface area (Å²) in [7, 11) is 0. The number of rotatable bonds is 7. The maximum atomic E-state index is 5.77. The van der Waals surface area contributed by atoms with E-state index in [1.807, 2.05) is 24.3 Å². The molecule has 0 aliphatic heterocycles. The van der Waals surface area contributed by atoms with Crippen molar-refractivity contribution in [2.75, 3.05) is 11.9 Å². The van der Waals surface area contributed by atoms with Crippen molar-refractivity contribution in [2.24, 2.45) is 0 Å². The van der Waals surface area contributed by atoms with E-state index in [1.165, 1.54) is 5.56 Å². The van der Waals surface area contributed by atoms with E-state index in [4.69, 9.17) is 4.74 Å². The van der Waals surface area contributed by atoms with Gasteiger partial charge in [-0.2, -0.15) is 0 Å². The molecule has 0 aliphatic rings. The second-order valence-corrected chi connectivity index (χ2v) is 5.47. The van der Waals surface area contributed by atoms with Crippen LogP contribution in [0.25, 0.3) is 0 Å². The van der Waals surface area contributed by atoms with E-state index in [2.05, 4.69) is 45.3 Å². The van der Waals surface area contributed by atoms with Crippen molar-refractivity contribution in [1.29, 1.82) is 0 Å². The lowest BCUT2D eigenvalue weighted by Crippen LogP contribution is -2.06. The molecule has 4 heteroatoms. The van der Waals surface area contributed by atoms with Gasteiger partial charge in [-0.15, -0.1) is 0 Å². The first-order chi connectivity index (χ1) is 9.79. The Morgan fingerprint density at radius 2 is 1.95 bits per heavy atom. The standard InChI is InChI=1S/C16H19BrN2O/c1-2-9-18-16-14(4-3-10-19-16)12-20-11-13-5-7-15(17)8-6-13/h3-8,10H,2,9,11-12H2,1H3,(H,18,19). The number of hydrogen-bond acceptors (Lipinski definition) is 3. The maximum absolute atomic E-state index is 5.77. The Kier molecular flexibility index (Phi) is 6.02. The number of aromatic nitrogens is 1. The molecule has 0 fully saturated rings. The van der Waals surface area contributed by atoms with Crippen LogP contribution < -0.4 is 5.32 Å². The van der Waals surface area contributed by atoms with Crippen molar-refractivity contribution in [2.45, 2.75) is 26.6 Å². The summed E-state index contributed by atoms with van der Waals surface area (Å²) in [5.74, 6) is 0.921. The molecule has 2 aromatic rings. The fourth-order valence-electron chi connectivity index (χ4n) is 1.82. The van der Waals surface area contributed by atoms with Crippen LogP contribution in [0, 0.1) is 0 Å². The smallest absolute Gasteiger partial charge is 0.131 e. The molecule has 0 amide bonds. The second-order valence-electron chi connectivity index (χ2n) is 4.56. The Labute approximate surface area is 128 Å². The predicted molar refractivity (Wildman–Crippen MR) is 85.7 cm³/mol. The van der Waals surface area contributed by atoms with Crippen molar-refractivity contribution in [3.63, 3.8) is 0 Å². The minimum atomic E-state index is 0.565. The number of nitrogens with one attached hydrogen (secondary N) is 1. The van der Waals surface area contributed by atoms with E-state index in [-0.39, 0.29) is 0 Å². The fraction of sp³-hybridized carbons (Fsp3) is 0.312. The van der Waals surface area contributed by atoms with Gasteiger partial charge < -0.3 is 10.1 Å². The van der Waals surface area contributed by atoms with Crippen LogP contribution >= 0.6 is 15.9 Å². The van der Waals surface area contributed by atoms with Gasteiger partial charge in [0.05, 0.1) is 13.2 Å². The Balaban J connectivity index is 1.88. The average Bonchev–Trinajstić information content (AvgIpc) is 2.48. The molecule has 0 bridgehead atoms. The van der Waals surface area contributed by atoms with Gasteiger partial charge in [0.1, 0.15) is 5.82 Å². The summed E-state index contributed by atoms with van der Waals surface area (Å²) in [5.41, 5.74) is 2.26. The molecule has 20 heavy (non-hydrogen) atoms. The molecule has 0 atom stereocenters. The summed E-state index contributed by atoms with van der Waals surface area (Å²) in [6.45, 7) is 4.24. The van der Waals surface area contributed by atoms with Crippen LogP contribution in [0.15, 0.2) is 47.1 Å². The number of anilines is 1. The molecule has 0 unspecified atom stereocenters. The second kappa shape index (κ2) is 8.02. The quantitative estimate of drug-likeness (QED) is 0.815. The van der Waals surface area contributed by atoms with Crippen LogP contribution in [-0.2, 0) is 18.0 Å². The first-order valence-corrected chi connectivity index (χ1v) is 7.59. The van der Waals surface area contributed by atoms with Gasteiger partial charge in [0, 0.05) is 22.8 Å². The molecule has 0 saturated heterocycles. The highest BCUT2D eigenvalue weighted by molar-refractivity contribution is 9.10. The number of nitrogens with zero attached hydrogens (tertiary/aromatic N) is 1. The zero-order valence-corrected chi connectivity index (χ0v) is 13.2. The van der Waals surface area contributed by atoms with Gasteiger partial charge in [-0.05, 0) is 30.2 Å². The minimum absolute atomic E-state index is 0.565. The first-order valence-electron chi connectivity index (χ1n) is 6.79. The summed E-state index contributed by atoms with van der Waals surface area (Å²) in [4.78, 5) is 4.36. The summed E-state index contributed by atoms with van der Waals surface area (Å²) >= 11 is 3.43. The van der Waals surface area contributed by atoms with Crippen molar-refractivity contribution >= 4 is 21.7 Å². The summed E-state index contributed by atoms with van der Waals surface area (Å²) < 4.78 is 6.85. The third kappa shape index (κ3) is 4.62. The fourth-order valence-corrected chi connectivity index (χ4v) is 2.08. The lowest BCUT2D eigenvalue weighted by atomic mass is 10.2. The SMILES string of the molecule is CCCNc1ncccc1COCc1ccc(Br)cc1. The Morgan fingerprint density at radius 1 is 1.15 bits per heavy atom. The van der Waals surface area contributed by atoms with Crippen LogP contribution in [-0.4, -0.2) is 11.5 Å². The number of benzene rings is 1. The summed E-state index contributed by atoms with van der Waals surface area (Å²) in [5, 5.41) is 3.32. The number of hydrogen-bond donors (Lipinski definition) is 1. The van der Waals surface area contributed by atoms with Gasteiger partial charge in [-0.1, -0.05) is 41.1 Å². The van der Waals surface area contributed by atoms with Crippen LogP contribution in [0.4, 0.5) is 5.82 Å². The molecule has 3 nitrogen and oxygen atoms in total. The summed E-state index contributed by atoms with van der Waals surface area (Å²) in [6.07, 6.45) is 2.88. The van der Waals surface area contributed by atoms with E-state index in [0.29, 0.717) is 13.2 Å². The topological polar surface area (TPSA) is 34.2 Å². The van der Waals surface area contributed by atoms with E-state index in [1.54, 1.807) is 6.20 Å². The Bertz CT molecular complexity index is 528. The molecule has 1 aromatic carbocycles. The molecule has 106 valence electrons. The Morgan fingerprint density at radius 3 is 2.70 bits per heavy atom. The maximum Gasteiger partial charge on any atom is 0.131 e. The average molecular weight is 335 g/mol. The number of pyridine rings is 1. The van der Waals surface area contributed by atoms with Gasteiger partial charge in [-0.25, -0.2) is 4.98 Å². The zero-order valence-electron chi connectivity index (χ0n) is 11.6. The zero-order chi connectivity index (χ0) is 14.2. The lowest BCUT2D eigenvalue weighted by Gasteiger charge is -2.10. The molecule has 0 saturated carbocycles. The molecule has 0 radical (unpaired) electrons. The van der Waals surface area contributed by atoms with E-state index >= 15 is 0 Å². The number of ether oxygens (including phenoxy) is 1. The van der Waals surface area contributed by atoms with Crippen LogP contribution in [0.3, 0.4) is 0 Å². The molecule has 0 aliphatic carbocycles. The molecular formula is C16H19BrN2O. The van der Waals surface area contributed by atoms with Crippen LogP contribution in [0.2, 0.25) is 0 Å². The monoisotopic (exact) mass is 334 g/mol. The van der Waals surface area contributed by atoms with E-state index < -0.39 is 0 Å². The largest absolute Gasteiger partial charge is 0.372 e. The van der Waals surface area contributed by atoms with E-state index in [9.17, 15) is 0 Å². The molecule has 1 N–H and O–H groups in total. The van der Waals surface area contributed by atoms with Gasteiger partial charge >= 0.3 is 0 Å². The first kappa shape index (κ1) is 15.0.